The van der Waals surface area contributed by atoms with E-state index < -0.39 is 4.92 Å². The van der Waals surface area contributed by atoms with Gasteiger partial charge in [-0.1, -0.05) is 12.1 Å². The van der Waals surface area contributed by atoms with Crippen molar-refractivity contribution < 1.29 is 10.0 Å². The maximum atomic E-state index is 10.7. The molecule has 0 amide bonds. The van der Waals surface area contributed by atoms with Crippen molar-refractivity contribution in [3.05, 3.63) is 39.4 Å². The first-order valence-corrected chi connectivity index (χ1v) is 5.17. The number of benzene rings is 1. The fraction of sp³-hybridized carbons (Fsp3) is 0.455. The summed E-state index contributed by atoms with van der Waals surface area (Å²) >= 11 is 0. The SMILES string of the molecule is Cc1ccc([C@@H](N)CCCO)cc1[N+](=O)[O-]. The molecule has 1 atom stereocenters. The molecular formula is C11H16N2O3. The lowest BCUT2D eigenvalue weighted by Gasteiger charge is -2.11. The first-order valence-electron chi connectivity index (χ1n) is 5.17. The Labute approximate surface area is 94.0 Å². The Bertz CT molecular complexity index is 379. The Balaban J connectivity index is 2.89. The van der Waals surface area contributed by atoms with Crippen LogP contribution in [0.3, 0.4) is 0 Å². The Morgan fingerprint density at radius 1 is 1.56 bits per heavy atom. The Morgan fingerprint density at radius 2 is 2.25 bits per heavy atom. The molecule has 88 valence electrons. The summed E-state index contributed by atoms with van der Waals surface area (Å²) in [6.45, 7) is 1.78. The van der Waals surface area contributed by atoms with E-state index in [4.69, 9.17) is 10.8 Å². The minimum absolute atomic E-state index is 0.0850. The predicted octanol–water partition coefficient (Wildman–Crippen LogP) is 1.68. The smallest absolute Gasteiger partial charge is 0.272 e. The molecule has 1 aromatic carbocycles. The number of nitrogens with two attached hydrogens (primary N) is 1. The average Bonchev–Trinajstić information content (AvgIpc) is 2.26. The summed E-state index contributed by atoms with van der Waals surface area (Å²) in [7, 11) is 0. The molecule has 0 aromatic heterocycles. The highest BCUT2D eigenvalue weighted by atomic mass is 16.6. The molecule has 0 unspecified atom stereocenters. The third-order valence-electron chi connectivity index (χ3n) is 2.53. The second-order valence-electron chi connectivity index (χ2n) is 3.78. The number of nitrogens with zero attached hydrogens (tertiary/aromatic N) is 1. The second kappa shape index (κ2) is 5.58. The van der Waals surface area contributed by atoms with Gasteiger partial charge in [0.25, 0.3) is 5.69 Å². The van der Waals surface area contributed by atoms with E-state index in [1.807, 2.05) is 0 Å². The van der Waals surface area contributed by atoms with Crippen LogP contribution in [0.15, 0.2) is 18.2 Å². The zero-order chi connectivity index (χ0) is 12.1. The van der Waals surface area contributed by atoms with Gasteiger partial charge in [0.15, 0.2) is 0 Å². The van der Waals surface area contributed by atoms with Gasteiger partial charge in [0.2, 0.25) is 0 Å². The fourth-order valence-electron chi connectivity index (χ4n) is 1.53. The molecule has 0 heterocycles. The summed E-state index contributed by atoms with van der Waals surface area (Å²) in [5.41, 5.74) is 7.33. The van der Waals surface area contributed by atoms with Gasteiger partial charge in [-0.25, -0.2) is 0 Å². The largest absolute Gasteiger partial charge is 0.396 e. The van der Waals surface area contributed by atoms with Gasteiger partial charge in [0.1, 0.15) is 0 Å². The summed E-state index contributed by atoms with van der Waals surface area (Å²) in [5.74, 6) is 0. The van der Waals surface area contributed by atoms with Crippen LogP contribution in [-0.2, 0) is 0 Å². The molecule has 0 saturated carbocycles. The molecule has 0 aliphatic heterocycles. The van der Waals surface area contributed by atoms with Crippen molar-refractivity contribution in [1.29, 1.82) is 0 Å². The molecule has 5 nitrogen and oxygen atoms in total. The number of nitro benzene ring substituents is 1. The first-order chi connectivity index (χ1) is 7.56. The zero-order valence-corrected chi connectivity index (χ0v) is 9.22. The number of hydrogen-bond donors (Lipinski definition) is 2. The number of rotatable bonds is 5. The molecule has 0 bridgehead atoms. The normalized spacial score (nSPS) is 12.4. The quantitative estimate of drug-likeness (QED) is 0.588. The van der Waals surface area contributed by atoms with Crippen LogP contribution < -0.4 is 5.73 Å². The molecule has 0 aliphatic rings. The third-order valence-corrected chi connectivity index (χ3v) is 2.53. The van der Waals surface area contributed by atoms with E-state index in [-0.39, 0.29) is 18.3 Å². The Kier molecular flexibility index (Phi) is 4.39. The van der Waals surface area contributed by atoms with Crippen molar-refractivity contribution in [3.63, 3.8) is 0 Å². The number of aliphatic hydroxyl groups excluding tert-OH is 1. The summed E-state index contributed by atoms with van der Waals surface area (Å²) in [6.07, 6.45) is 1.22. The van der Waals surface area contributed by atoms with E-state index in [0.29, 0.717) is 18.4 Å². The maximum Gasteiger partial charge on any atom is 0.272 e. The predicted molar refractivity (Wildman–Crippen MR) is 61.1 cm³/mol. The second-order valence-corrected chi connectivity index (χ2v) is 3.78. The lowest BCUT2D eigenvalue weighted by Crippen LogP contribution is -2.11. The molecule has 16 heavy (non-hydrogen) atoms. The lowest BCUT2D eigenvalue weighted by atomic mass is 10.0. The molecule has 5 heteroatoms. The Hall–Kier alpha value is -1.46. The standard InChI is InChI=1S/C11H16N2O3/c1-8-4-5-9(7-11(8)13(15)16)10(12)3-2-6-14/h4-5,7,10,14H,2-3,6,12H2,1H3/t10-/m0/s1. The highest BCUT2D eigenvalue weighted by Gasteiger charge is 2.14. The molecule has 3 N–H and O–H groups in total. The van der Waals surface area contributed by atoms with Gasteiger partial charge in [-0.05, 0) is 25.3 Å². The summed E-state index contributed by atoms with van der Waals surface area (Å²) in [6, 6.07) is 4.75. The highest BCUT2D eigenvalue weighted by molar-refractivity contribution is 5.43. The van der Waals surface area contributed by atoms with Gasteiger partial charge in [0.05, 0.1) is 4.92 Å². The summed E-state index contributed by atoms with van der Waals surface area (Å²) in [5, 5.41) is 19.4. The van der Waals surface area contributed by atoms with Gasteiger partial charge in [-0.2, -0.15) is 0 Å². The van der Waals surface area contributed by atoms with E-state index in [9.17, 15) is 10.1 Å². The van der Waals surface area contributed by atoms with Gasteiger partial charge in [-0.15, -0.1) is 0 Å². The topological polar surface area (TPSA) is 89.4 Å². The van der Waals surface area contributed by atoms with Crippen LogP contribution in [0.5, 0.6) is 0 Å². The van der Waals surface area contributed by atoms with E-state index in [1.165, 1.54) is 6.07 Å². The molecule has 1 rings (SSSR count). The summed E-state index contributed by atoms with van der Waals surface area (Å²) < 4.78 is 0. The van der Waals surface area contributed by atoms with Crippen LogP contribution in [0.4, 0.5) is 5.69 Å². The van der Waals surface area contributed by atoms with Crippen LogP contribution in [0.1, 0.15) is 30.0 Å². The minimum atomic E-state index is -0.405. The molecule has 0 fully saturated rings. The fourth-order valence-corrected chi connectivity index (χ4v) is 1.53. The van der Waals surface area contributed by atoms with Gasteiger partial charge in [0, 0.05) is 24.3 Å². The molecule has 0 radical (unpaired) electrons. The number of aryl methyl sites for hydroxylation is 1. The molecular weight excluding hydrogens is 208 g/mol. The lowest BCUT2D eigenvalue weighted by molar-refractivity contribution is -0.385. The number of aliphatic hydroxyl groups is 1. The Morgan fingerprint density at radius 3 is 2.81 bits per heavy atom. The zero-order valence-electron chi connectivity index (χ0n) is 9.22. The van der Waals surface area contributed by atoms with Crippen molar-refractivity contribution in [3.8, 4) is 0 Å². The van der Waals surface area contributed by atoms with Gasteiger partial charge >= 0.3 is 0 Å². The molecule has 0 aliphatic carbocycles. The van der Waals surface area contributed by atoms with Crippen LogP contribution in [0.25, 0.3) is 0 Å². The van der Waals surface area contributed by atoms with Gasteiger partial charge < -0.3 is 10.8 Å². The van der Waals surface area contributed by atoms with Crippen LogP contribution in [-0.4, -0.2) is 16.6 Å². The van der Waals surface area contributed by atoms with Crippen LogP contribution in [0.2, 0.25) is 0 Å². The van der Waals surface area contributed by atoms with Crippen LogP contribution in [0, 0.1) is 17.0 Å². The third kappa shape index (κ3) is 3.01. The molecule has 0 saturated heterocycles. The van der Waals surface area contributed by atoms with E-state index in [0.717, 1.165) is 5.56 Å². The van der Waals surface area contributed by atoms with Crippen molar-refractivity contribution in [1.82, 2.24) is 0 Å². The molecule has 0 spiro atoms. The highest BCUT2D eigenvalue weighted by Crippen LogP contribution is 2.24. The first kappa shape index (κ1) is 12.6. The van der Waals surface area contributed by atoms with Crippen molar-refractivity contribution in [2.75, 3.05) is 6.61 Å². The minimum Gasteiger partial charge on any atom is -0.396 e. The van der Waals surface area contributed by atoms with Crippen molar-refractivity contribution >= 4 is 5.69 Å². The monoisotopic (exact) mass is 224 g/mol. The maximum absolute atomic E-state index is 10.7. The number of nitro groups is 1. The van der Waals surface area contributed by atoms with E-state index >= 15 is 0 Å². The summed E-state index contributed by atoms with van der Waals surface area (Å²) in [4.78, 5) is 10.3. The van der Waals surface area contributed by atoms with E-state index in [2.05, 4.69) is 0 Å². The van der Waals surface area contributed by atoms with Crippen LogP contribution >= 0.6 is 0 Å². The average molecular weight is 224 g/mol. The van der Waals surface area contributed by atoms with Crippen molar-refractivity contribution in [2.45, 2.75) is 25.8 Å². The van der Waals surface area contributed by atoms with E-state index in [1.54, 1.807) is 19.1 Å². The van der Waals surface area contributed by atoms with Crippen molar-refractivity contribution in [2.24, 2.45) is 5.73 Å². The number of hydrogen-bond acceptors (Lipinski definition) is 4. The molecule has 1 aromatic rings. The van der Waals surface area contributed by atoms with Gasteiger partial charge in [-0.3, -0.25) is 10.1 Å².